The molecule has 2 aliphatic heterocycles. The van der Waals surface area contributed by atoms with Crippen LogP contribution in [0.2, 0.25) is 10.0 Å². The van der Waals surface area contributed by atoms with Crippen LogP contribution in [0, 0.1) is 5.92 Å². The van der Waals surface area contributed by atoms with Gasteiger partial charge in [-0.1, -0.05) is 68.3 Å². The van der Waals surface area contributed by atoms with E-state index in [1.807, 2.05) is 32.0 Å². The zero-order chi connectivity index (χ0) is 23.9. The van der Waals surface area contributed by atoms with Crippen molar-refractivity contribution in [2.24, 2.45) is 5.92 Å². The first kappa shape index (κ1) is 24.0. The highest BCUT2D eigenvalue weighted by molar-refractivity contribution is 7.80. The maximum absolute atomic E-state index is 13.2. The van der Waals surface area contributed by atoms with Crippen molar-refractivity contribution in [3.05, 3.63) is 51.5 Å². The third-order valence-electron chi connectivity index (χ3n) is 6.12. The SMILES string of the molecule is CCCNC(=S)COc1c(Cl)cc(-c2cccc3c2C2CC(=O)C(C(C)C)N2C3=O)cc1Cl. The molecule has 2 atom stereocenters. The lowest BCUT2D eigenvalue weighted by Gasteiger charge is -2.26. The lowest BCUT2D eigenvalue weighted by molar-refractivity contribution is -0.120. The summed E-state index contributed by atoms with van der Waals surface area (Å²) in [5.74, 6) is 0.439. The highest BCUT2D eigenvalue weighted by atomic mass is 35.5. The third-order valence-corrected chi connectivity index (χ3v) is 6.95. The van der Waals surface area contributed by atoms with Gasteiger partial charge in [0.1, 0.15) is 11.6 Å². The van der Waals surface area contributed by atoms with E-state index in [0.717, 1.165) is 29.7 Å². The second-order valence-electron chi connectivity index (χ2n) is 8.76. The number of hydrogen-bond donors (Lipinski definition) is 1. The minimum atomic E-state index is -0.393. The Kier molecular flexibility index (Phi) is 6.99. The molecule has 1 saturated heterocycles. The van der Waals surface area contributed by atoms with Crippen molar-refractivity contribution in [3.8, 4) is 16.9 Å². The van der Waals surface area contributed by atoms with Crippen molar-refractivity contribution in [1.29, 1.82) is 0 Å². The molecule has 4 rings (SSSR count). The van der Waals surface area contributed by atoms with Crippen LogP contribution in [0.5, 0.6) is 5.75 Å². The number of nitrogens with zero attached hydrogens (tertiary/aromatic N) is 1. The summed E-state index contributed by atoms with van der Waals surface area (Å²) in [5, 5.41) is 3.82. The zero-order valence-electron chi connectivity index (χ0n) is 18.8. The lowest BCUT2D eigenvalue weighted by atomic mass is 9.91. The molecule has 0 saturated carbocycles. The van der Waals surface area contributed by atoms with Gasteiger partial charge in [0, 0.05) is 18.5 Å². The van der Waals surface area contributed by atoms with Crippen molar-refractivity contribution in [3.63, 3.8) is 0 Å². The van der Waals surface area contributed by atoms with Gasteiger partial charge in [0.05, 0.1) is 22.1 Å². The molecule has 2 aliphatic rings. The van der Waals surface area contributed by atoms with Crippen LogP contribution in [0.1, 0.15) is 55.6 Å². The van der Waals surface area contributed by atoms with Crippen LogP contribution < -0.4 is 10.1 Å². The number of ketones is 1. The van der Waals surface area contributed by atoms with Crippen molar-refractivity contribution in [2.45, 2.75) is 45.7 Å². The molecular weight excluding hydrogens is 479 g/mol. The average molecular weight is 505 g/mol. The Balaban J connectivity index is 1.67. The van der Waals surface area contributed by atoms with Gasteiger partial charge in [-0.15, -0.1) is 0 Å². The van der Waals surface area contributed by atoms with Gasteiger partial charge in [-0.05, 0) is 47.2 Å². The Morgan fingerprint density at radius 3 is 2.52 bits per heavy atom. The van der Waals surface area contributed by atoms with Gasteiger partial charge in [0.2, 0.25) is 0 Å². The van der Waals surface area contributed by atoms with Crippen molar-refractivity contribution < 1.29 is 14.3 Å². The molecule has 2 unspecified atom stereocenters. The quantitative estimate of drug-likeness (QED) is 0.478. The number of carbonyl (C=O) groups is 2. The van der Waals surface area contributed by atoms with E-state index >= 15 is 0 Å². The molecule has 1 amide bonds. The number of amides is 1. The fraction of sp³-hybridized carbons (Fsp3) is 0.400. The van der Waals surface area contributed by atoms with Crippen LogP contribution in [0.3, 0.4) is 0 Å². The molecule has 2 aromatic rings. The summed E-state index contributed by atoms with van der Waals surface area (Å²) in [6.07, 6.45) is 1.28. The van der Waals surface area contributed by atoms with Crippen molar-refractivity contribution >= 4 is 52.1 Å². The predicted molar refractivity (Wildman–Crippen MR) is 135 cm³/mol. The second-order valence-corrected chi connectivity index (χ2v) is 10.1. The van der Waals surface area contributed by atoms with Gasteiger partial charge < -0.3 is 15.0 Å². The summed E-state index contributed by atoms with van der Waals surface area (Å²) in [6, 6.07) is 8.52. The number of benzene rings is 2. The molecule has 2 heterocycles. The van der Waals surface area contributed by atoms with E-state index in [4.69, 9.17) is 40.2 Å². The number of fused-ring (bicyclic) bond motifs is 3. The minimum Gasteiger partial charge on any atom is -0.483 e. The molecule has 0 bridgehead atoms. The molecule has 1 N–H and O–H groups in total. The predicted octanol–water partition coefficient (Wildman–Crippen LogP) is 5.86. The van der Waals surface area contributed by atoms with Gasteiger partial charge in [-0.3, -0.25) is 9.59 Å². The molecule has 0 radical (unpaired) electrons. The van der Waals surface area contributed by atoms with E-state index < -0.39 is 6.04 Å². The van der Waals surface area contributed by atoms with Gasteiger partial charge in [0.25, 0.3) is 5.91 Å². The Morgan fingerprint density at radius 1 is 1.21 bits per heavy atom. The summed E-state index contributed by atoms with van der Waals surface area (Å²) in [7, 11) is 0. The fourth-order valence-corrected chi connectivity index (χ4v) is 5.53. The number of carbonyl (C=O) groups excluding carboxylic acids is 2. The molecule has 0 aliphatic carbocycles. The topological polar surface area (TPSA) is 58.6 Å². The maximum Gasteiger partial charge on any atom is 0.255 e. The number of halogens is 2. The Labute approximate surface area is 209 Å². The van der Waals surface area contributed by atoms with Crippen LogP contribution in [0.15, 0.2) is 30.3 Å². The van der Waals surface area contributed by atoms with Gasteiger partial charge in [-0.2, -0.15) is 0 Å². The number of rotatable bonds is 7. The zero-order valence-corrected chi connectivity index (χ0v) is 21.1. The number of nitrogens with one attached hydrogen (secondary N) is 1. The van der Waals surface area contributed by atoms with Crippen molar-refractivity contribution in [1.82, 2.24) is 10.2 Å². The van der Waals surface area contributed by atoms with Crippen molar-refractivity contribution in [2.75, 3.05) is 13.2 Å². The van der Waals surface area contributed by atoms with Crippen LogP contribution >= 0.6 is 35.4 Å². The second kappa shape index (κ2) is 9.61. The lowest BCUT2D eigenvalue weighted by Crippen LogP contribution is -2.39. The third kappa shape index (κ3) is 4.36. The average Bonchev–Trinajstić information content (AvgIpc) is 3.25. The number of ether oxygens (including phenoxy) is 1. The summed E-state index contributed by atoms with van der Waals surface area (Å²) < 4.78 is 5.78. The largest absolute Gasteiger partial charge is 0.483 e. The van der Waals surface area contributed by atoms with E-state index in [-0.39, 0.29) is 30.3 Å². The van der Waals surface area contributed by atoms with E-state index in [1.54, 1.807) is 17.0 Å². The number of Topliss-reactive ketones (excluding diaryl/α,β-unsaturated/α-hetero) is 1. The Morgan fingerprint density at radius 2 is 1.88 bits per heavy atom. The minimum absolute atomic E-state index is 0.0578. The molecular formula is C25H26Cl2N2O3S. The van der Waals surface area contributed by atoms with Gasteiger partial charge >= 0.3 is 0 Å². The van der Waals surface area contributed by atoms with Crippen LogP contribution in [0.25, 0.3) is 11.1 Å². The first-order chi connectivity index (χ1) is 15.7. The molecule has 0 spiro atoms. The van der Waals surface area contributed by atoms with E-state index in [1.165, 1.54) is 0 Å². The van der Waals surface area contributed by atoms with E-state index in [2.05, 4.69) is 12.2 Å². The summed E-state index contributed by atoms with van der Waals surface area (Å²) in [4.78, 5) is 28.3. The first-order valence-corrected chi connectivity index (χ1v) is 12.3. The van der Waals surface area contributed by atoms with E-state index in [0.29, 0.717) is 32.8 Å². The monoisotopic (exact) mass is 504 g/mol. The summed E-state index contributed by atoms with van der Waals surface area (Å²) >= 11 is 18.4. The fourth-order valence-electron chi connectivity index (χ4n) is 4.77. The molecule has 33 heavy (non-hydrogen) atoms. The smallest absolute Gasteiger partial charge is 0.255 e. The molecule has 174 valence electrons. The molecule has 0 aromatic heterocycles. The molecule has 2 aromatic carbocycles. The maximum atomic E-state index is 13.2. The Hall–Kier alpha value is -2.15. The Bertz CT molecular complexity index is 1110. The van der Waals surface area contributed by atoms with Gasteiger partial charge in [0.15, 0.2) is 11.5 Å². The molecule has 8 heteroatoms. The first-order valence-electron chi connectivity index (χ1n) is 11.1. The van der Waals surface area contributed by atoms with Crippen LogP contribution in [-0.4, -0.2) is 40.8 Å². The van der Waals surface area contributed by atoms with E-state index in [9.17, 15) is 9.59 Å². The van der Waals surface area contributed by atoms with Crippen LogP contribution in [-0.2, 0) is 4.79 Å². The van der Waals surface area contributed by atoms with Crippen LogP contribution in [0.4, 0.5) is 0 Å². The highest BCUT2D eigenvalue weighted by Crippen LogP contribution is 2.49. The highest BCUT2D eigenvalue weighted by Gasteiger charge is 2.51. The normalized spacial score (nSPS) is 19.2. The molecule has 5 nitrogen and oxygen atoms in total. The standard InChI is InChI=1S/C25H26Cl2N2O3S/c1-4-8-28-21(33)12-32-24-17(26)9-14(10-18(24)27)15-6-5-7-16-22(15)19-11-20(30)23(13(2)3)29(19)25(16)31/h5-7,9-10,13,19,23H,4,8,11-12H2,1-3H3,(H,28,33). The summed E-state index contributed by atoms with van der Waals surface area (Å²) in [5.41, 5.74) is 3.12. The molecule has 1 fully saturated rings. The van der Waals surface area contributed by atoms with Gasteiger partial charge in [-0.25, -0.2) is 0 Å². The number of thiocarbonyl (C=S) groups is 1. The number of hydrogen-bond acceptors (Lipinski definition) is 4. The summed E-state index contributed by atoms with van der Waals surface area (Å²) in [6.45, 7) is 6.96.